The quantitative estimate of drug-likeness (QED) is 0.736. The molecule has 0 aliphatic rings. The zero-order valence-electron chi connectivity index (χ0n) is 15.7. The second-order valence-electron chi connectivity index (χ2n) is 7.13. The minimum absolute atomic E-state index is 0.00453. The number of ether oxygens (including phenoxy) is 1. The molecule has 146 valence electrons. The van der Waals surface area contributed by atoms with Crippen molar-refractivity contribution >= 4 is 23.2 Å². The molecule has 6 nitrogen and oxygen atoms in total. The smallest absolute Gasteiger partial charge is 0.328 e. The Labute approximate surface area is 161 Å². The summed E-state index contributed by atoms with van der Waals surface area (Å²) in [5, 5.41) is 14.9. The first-order chi connectivity index (χ1) is 12.5. The van der Waals surface area contributed by atoms with Crippen LogP contribution in [0.2, 0.25) is 0 Å². The van der Waals surface area contributed by atoms with Crippen molar-refractivity contribution in [2.75, 3.05) is 0 Å². The SMILES string of the molecule is C[C@H](NC(=O)[C@@H](O)Cc1csc(-c2ccc(F)cc2)n1)C(=O)OC(C)(C)C. The van der Waals surface area contributed by atoms with E-state index in [1.165, 1.54) is 30.4 Å². The van der Waals surface area contributed by atoms with Crippen LogP contribution in [0.5, 0.6) is 0 Å². The third-order valence-corrected chi connectivity index (χ3v) is 4.41. The molecule has 0 radical (unpaired) electrons. The normalized spacial score (nSPS) is 13.7. The number of rotatable bonds is 6. The molecule has 1 amide bonds. The summed E-state index contributed by atoms with van der Waals surface area (Å²) >= 11 is 1.34. The van der Waals surface area contributed by atoms with Gasteiger partial charge in [-0.05, 0) is 52.0 Å². The molecule has 27 heavy (non-hydrogen) atoms. The molecule has 2 rings (SSSR count). The van der Waals surface area contributed by atoms with E-state index in [1.807, 2.05) is 0 Å². The average Bonchev–Trinajstić information content (AvgIpc) is 3.02. The molecule has 0 bridgehead atoms. The van der Waals surface area contributed by atoms with Crippen LogP contribution in [0.15, 0.2) is 29.6 Å². The van der Waals surface area contributed by atoms with E-state index in [0.29, 0.717) is 10.7 Å². The lowest BCUT2D eigenvalue weighted by Crippen LogP contribution is -2.46. The number of aliphatic hydroxyl groups is 1. The van der Waals surface area contributed by atoms with Crippen LogP contribution in [0.25, 0.3) is 10.6 Å². The van der Waals surface area contributed by atoms with Crippen LogP contribution < -0.4 is 5.32 Å². The summed E-state index contributed by atoms with van der Waals surface area (Å²) in [4.78, 5) is 28.4. The van der Waals surface area contributed by atoms with Crippen LogP contribution in [0.3, 0.4) is 0 Å². The number of carbonyl (C=O) groups is 2. The van der Waals surface area contributed by atoms with Gasteiger partial charge in [0.1, 0.15) is 28.6 Å². The fourth-order valence-corrected chi connectivity index (χ4v) is 3.01. The highest BCUT2D eigenvalue weighted by molar-refractivity contribution is 7.13. The summed E-state index contributed by atoms with van der Waals surface area (Å²) in [6, 6.07) is 5.04. The maximum atomic E-state index is 13.0. The average molecular weight is 394 g/mol. The van der Waals surface area contributed by atoms with Crippen molar-refractivity contribution in [2.24, 2.45) is 0 Å². The van der Waals surface area contributed by atoms with Gasteiger partial charge in [-0.3, -0.25) is 4.79 Å². The van der Waals surface area contributed by atoms with E-state index >= 15 is 0 Å². The van der Waals surface area contributed by atoms with Crippen LogP contribution in [0.4, 0.5) is 4.39 Å². The van der Waals surface area contributed by atoms with Gasteiger partial charge in [-0.1, -0.05) is 0 Å². The number of esters is 1. The number of amides is 1. The molecule has 2 aromatic rings. The number of hydrogen-bond acceptors (Lipinski definition) is 6. The second kappa shape index (κ2) is 8.58. The summed E-state index contributed by atoms with van der Waals surface area (Å²) in [7, 11) is 0. The minimum atomic E-state index is -1.35. The van der Waals surface area contributed by atoms with Gasteiger partial charge in [0.25, 0.3) is 0 Å². The lowest BCUT2D eigenvalue weighted by atomic mass is 10.1. The van der Waals surface area contributed by atoms with E-state index < -0.39 is 29.6 Å². The zero-order valence-corrected chi connectivity index (χ0v) is 16.5. The van der Waals surface area contributed by atoms with Gasteiger partial charge in [-0.15, -0.1) is 11.3 Å². The molecule has 0 saturated carbocycles. The summed E-state index contributed by atoms with van der Waals surface area (Å²) in [5.41, 5.74) is 0.628. The van der Waals surface area contributed by atoms with Crippen LogP contribution in [-0.2, 0) is 20.7 Å². The minimum Gasteiger partial charge on any atom is -0.458 e. The van der Waals surface area contributed by atoms with Gasteiger partial charge < -0.3 is 15.2 Å². The topological polar surface area (TPSA) is 88.5 Å². The molecule has 0 aliphatic heterocycles. The summed E-state index contributed by atoms with van der Waals surface area (Å²) in [6.07, 6.45) is -1.34. The Morgan fingerprint density at radius 1 is 1.30 bits per heavy atom. The molecule has 1 heterocycles. The van der Waals surface area contributed by atoms with E-state index in [0.717, 1.165) is 5.56 Å². The number of nitrogens with zero attached hydrogens (tertiary/aromatic N) is 1. The van der Waals surface area contributed by atoms with E-state index in [-0.39, 0.29) is 12.2 Å². The molecule has 0 fully saturated rings. The highest BCUT2D eigenvalue weighted by Gasteiger charge is 2.26. The summed E-state index contributed by atoms with van der Waals surface area (Å²) < 4.78 is 18.2. The Hall–Kier alpha value is -2.32. The molecule has 1 aromatic carbocycles. The summed E-state index contributed by atoms with van der Waals surface area (Å²) in [5.74, 6) is -1.58. The Kier molecular flexibility index (Phi) is 6.67. The number of thiazole rings is 1. The first-order valence-electron chi connectivity index (χ1n) is 8.47. The van der Waals surface area contributed by atoms with Gasteiger partial charge in [0.05, 0.1) is 5.69 Å². The first kappa shape index (κ1) is 21.0. The van der Waals surface area contributed by atoms with E-state index in [2.05, 4.69) is 10.3 Å². The van der Waals surface area contributed by atoms with Gasteiger partial charge in [-0.2, -0.15) is 0 Å². The van der Waals surface area contributed by atoms with Crippen molar-refractivity contribution in [3.05, 3.63) is 41.2 Å². The fourth-order valence-electron chi connectivity index (χ4n) is 2.18. The van der Waals surface area contributed by atoms with Crippen molar-refractivity contribution in [3.63, 3.8) is 0 Å². The van der Waals surface area contributed by atoms with E-state index in [1.54, 1.807) is 38.3 Å². The van der Waals surface area contributed by atoms with Gasteiger partial charge in [0, 0.05) is 17.4 Å². The maximum absolute atomic E-state index is 13.0. The zero-order chi connectivity index (χ0) is 20.2. The number of hydrogen-bond donors (Lipinski definition) is 2. The number of halogens is 1. The van der Waals surface area contributed by atoms with Crippen LogP contribution in [0.1, 0.15) is 33.4 Å². The largest absolute Gasteiger partial charge is 0.458 e. The fraction of sp³-hybridized carbons (Fsp3) is 0.421. The van der Waals surface area contributed by atoms with Crippen molar-refractivity contribution in [3.8, 4) is 10.6 Å². The number of aliphatic hydroxyl groups excluding tert-OH is 1. The molecular weight excluding hydrogens is 371 g/mol. The number of aromatic nitrogens is 1. The predicted molar refractivity (Wildman–Crippen MR) is 101 cm³/mol. The van der Waals surface area contributed by atoms with Crippen molar-refractivity contribution in [1.29, 1.82) is 0 Å². The lowest BCUT2D eigenvalue weighted by molar-refractivity contribution is -0.158. The second-order valence-corrected chi connectivity index (χ2v) is 7.99. The van der Waals surface area contributed by atoms with Crippen LogP contribution >= 0.6 is 11.3 Å². The van der Waals surface area contributed by atoms with Crippen LogP contribution in [0, 0.1) is 5.82 Å². The third-order valence-electron chi connectivity index (χ3n) is 3.47. The van der Waals surface area contributed by atoms with Crippen molar-refractivity contribution < 1.29 is 23.8 Å². The highest BCUT2D eigenvalue weighted by Crippen LogP contribution is 2.24. The third kappa shape index (κ3) is 6.41. The molecule has 2 atom stereocenters. The molecule has 1 aromatic heterocycles. The highest BCUT2D eigenvalue weighted by atomic mass is 32.1. The van der Waals surface area contributed by atoms with E-state index in [9.17, 15) is 19.1 Å². The van der Waals surface area contributed by atoms with Crippen molar-refractivity contribution in [1.82, 2.24) is 10.3 Å². The molecule has 2 N–H and O–H groups in total. The van der Waals surface area contributed by atoms with Gasteiger partial charge in [0.15, 0.2) is 0 Å². The Bertz CT molecular complexity index is 799. The Balaban J connectivity index is 1.93. The molecule has 0 aliphatic carbocycles. The van der Waals surface area contributed by atoms with Gasteiger partial charge in [0.2, 0.25) is 5.91 Å². The molecule has 0 saturated heterocycles. The monoisotopic (exact) mass is 394 g/mol. The van der Waals surface area contributed by atoms with Crippen molar-refractivity contribution in [2.45, 2.75) is 51.9 Å². The maximum Gasteiger partial charge on any atom is 0.328 e. The lowest BCUT2D eigenvalue weighted by Gasteiger charge is -2.23. The standard InChI is InChI=1S/C19H23FN2O4S/c1-11(18(25)26-19(2,3)4)21-16(24)15(23)9-14-10-27-17(22-14)12-5-7-13(20)8-6-12/h5-8,10-11,15,23H,9H2,1-4H3,(H,21,24)/t11-,15-/m0/s1. The first-order valence-corrected chi connectivity index (χ1v) is 9.35. The Morgan fingerprint density at radius 2 is 1.93 bits per heavy atom. The molecule has 0 spiro atoms. The number of carbonyl (C=O) groups excluding carboxylic acids is 2. The number of nitrogens with one attached hydrogen (secondary N) is 1. The Morgan fingerprint density at radius 3 is 2.52 bits per heavy atom. The summed E-state index contributed by atoms with van der Waals surface area (Å²) in [6.45, 7) is 6.69. The molecular formula is C19H23FN2O4S. The van der Waals surface area contributed by atoms with Gasteiger partial charge >= 0.3 is 5.97 Å². The number of benzene rings is 1. The predicted octanol–water partition coefficient (Wildman–Crippen LogP) is 2.70. The van der Waals surface area contributed by atoms with Gasteiger partial charge in [-0.25, -0.2) is 14.2 Å². The molecule has 8 heteroatoms. The molecule has 0 unspecified atom stereocenters. The van der Waals surface area contributed by atoms with E-state index in [4.69, 9.17) is 4.74 Å². The van der Waals surface area contributed by atoms with Crippen LogP contribution in [-0.4, -0.2) is 39.7 Å².